The summed E-state index contributed by atoms with van der Waals surface area (Å²) in [5, 5.41) is 13.0. The number of likely N-dealkylation sites (tertiary alicyclic amines) is 1. The molecule has 0 aliphatic carbocycles. The summed E-state index contributed by atoms with van der Waals surface area (Å²) >= 11 is 5.90. The lowest BCUT2D eigenvalue weighted by Crippen LogP contribution is -2.32. The van der Waals surface area contributed by atoms with E-state index in [0.717, 1.165) is 11.8 Å². The SMILES string of the molecule is O=C(NC[C@H]1CCN(C(=O)O)C1)c1cc2cc(Cl)ccc2o1. The molecule has 1 saturated heterocycles. The van der Waals surface area contributed by atoms with Crippen LogP contribution in [-0.4, -0.2) is 41.6 Å². The average Bonchev–Trinajstić information content (AvgIpc) is 3.10. The maximum Gasteiger partial charge on any atom is 0.407 e. The van der Waals surface area contributed by atoms with Crippen LogP contribution in [0.2, 0.25) is 5.02 Å². The minimum atomic E-state index is -0.914. The minimum absolute atomic E-state index is 0.138. The van der Waals surface area contributed by atoms with Crippen LogP contribution in [0.4, 0.5) is 4.79 Å². The summed E-state index contributed by atoms with van der Waals surface area (Å²) in [6, 6.07) is 6.80. The summed E-state index contributed by atoms with van der Waals surface area (Å²) in [7, 11) is 0. The monoisotopic (exact) mass is 322 g/mol. The zero-order valence-corrected chi connectivity index (χ0v) is 12.5. The Morgan fingerprint density at radius 3 is 2.95 bits per heavy atom. The van der Waals surface area contributed by atoms with Gasteiger partial charge in [-0.15, -0.1) is 0 Å². The zero-order chi connectivity index (χ0) is 15.7. The number of carboxylic acid groups (broad SMARTS) is 1. The summed E-state index contributed by atoms with van der Waals surface area (Å²) in [4.78, 5) is 24.3. The number of fused-ring (bicyclic) bond motifs is 1. The van der Waals surface area contributed by atoms with Gasteiger partial charge in [0.05, 0.1) is 0 Å². The predicted molar refractivity (Wildman–Crippen MR) is 81.3 cm³/mol. The second kappa shape index (κ2) is 5.88. The van der Waals surface area contributed by atoms with Crippen molar-refractivity contribution in [2.75, 3.05) is 19.6 Å². The van der Waals surface area contributed by atoms with Gasteiger partial charge in [0.15, 0.2) is 5.76 Å². The molecule has 0 unspecified atom stereocenters. The number of halogens is 1. The Morgan fingerprint density at radius 1 is 1.41 bits per heavy atom. The molecule has 2 N–H and O–H groups in total. The van der Waals surface area contributed by atoms with Crippen LogP contribution in [0.1, 0.15) is 17.0 Å². The van der Waals surface area contributed by atoms with E-state index in [1.807, 2.05) is 0 Å². The number of rotatable bonds is 3. The van der Waals surface area contributed by atoms with Gasteiger partial charge in [0.25, 0.3) is 5.91 Å². The van der Waals surface area contributed by atoms with Crippen LogP contribution in [0, 0.1) is 5.92 Å². The molecule has 2 aromatic rings. The number of carbonyl (C=O) groups is 2. The number of furan rings is 1. The highest BCUT2D eigenvalue weighted by molar-refractivity contribution is 6.31. The van der Waals surface area contributed by atoms with Crippen LogP contribution in [-0.2, 0) is 0 Å². The van der Waals surface area contributed by atoms with Gasteiger partial charge in [-0.05, 0) is 36.6 Å². The number of benzene rings is 1. The largest absolute Gasteiger partial charge is 0.465 e. The van der Waals surface area contributed by atoms with E-state index in [1.54, 1.807) is 24.3 Å². The van der Waals surface area contributed by atoms with Crippen LogP contribution in [0.5, 0.6) is 0 Å². The molecule has 1 atom stereocenters. The van der Waals surface area contributed by atoms with E-state index in [1.165, 1.54) is 4.90 Å². The molecule has 0 radical (unpaired) electrons. The normalized spacial score (nSPS) is 17.9. The first kappa shape index (κ1) is 14.7. The Bertz CT molecular complexity index is 727. The Hall–Kier alpha value is -2.21. The van der Waals surface area contributed by atoms with Gasteiger partial charge in [-0.2, -0.15) is 0 Å². The first-order valence-corrected chi connectivity index (χ1v) is 7.36. The van der Waals surface area contributed by atoms with Crippen LogP contribution in [0.25, 0.3) is 11.0 Å². The van der Waals surface area contributed by atoms with Crippen molar-refractivity contribution in [1.82, 2.24) is 10.2 Å². The Morgan fingerprint density at radius 2 is 2.23 bits per heavy atom. The molecular formula is C15H15ClN2O4. The van der Waals surface area contributed by atoms with E-state index >= 15 is 0 Å². The van der Waals surface area contributed by atoms with Gasteiger partial charge in [0.2, 0.25) is 0 Å². The average molecular weight is 323 g/mol. The Labute approximate surface area is 131 Å². The van der Waals surface area contributed by atoms with Gasteiger partial charge >= 0.3 is 6.09 Å². The highest BCUT2D eigenvalue weighted by Crippen LogP contribution is 2.23. The fourth-order valence-corrected chi connectivity index (χ4v) is 2.80. The van der Waals surface area contributed by atoms with Gasteiger partial charge < -0.3 is 19.7 Å². The number of nitrogens with zero attached hydrogens (tertiary/aromatic N) is 1. The van der Waals surface area contributed by atoms with Crippen LogP contribution >= 0.6 is 11.6 Å². The van der Waals surface area contributed by atoms with E-state index in [-0.39, 0.29) is 17.6 Å². The number of hydrogen-bond donors (Lipinski definition) is 2. The molecule has 1 aromatic carbocycles. The van der Waals surface area contributed by atoms with E-state index in [4.69, 9.17) is 21.1 Å². The number of carbonyl (C=O) groups excluding carboxylic acids is 1. The third kappa shape index (κ3) is 3.01. The van der Waals surface area contributed by atoms with Crippen LogP contribution in [0.3, 0.4) is 0 Å². The Kier molecular flexibility index (Phi) is 3.94. The lowest BCUT2D eigenvalue weighted by Gasteiger charge is -2.12. The van der Waals surface area contributed by atoms with Crippen molar-refractivity contribution in [3.05, 3.63) is 35.0 Å². The third-order valence-electron chi connectivity index (χ3n) is 3.81. The quantitative estimate of drug-likeness (QED) is 0.910. The molecule has 6 nitrogen and oxygen atoms in total. The molecule has 7 heteroatoms. The van der Waals surface area contributed by atoms with Crippen molar-refractivity contribution in [3.63, 3.8) is 0 Å². The van der Waals surface area contributed by atoms with Gasteiger partial charge in [-0.1, -0.05) is 11.6 Å². The van der Waals surface area contributed by atoms with Gasteiger partial charge in [0.1, 0.15) is 5.58 Å². The van der Waals surface area contributed by atoms with E-state index in [2.05, 4.69) is 5.32 Å². The maximum absolute atomic E-state index is 12.1. The van der Waals surface area contributed by atoms with Crippen molar-refractivity contribution < 1.29 is 19.1 Å². The standard InChI is InChI=1S/C15H15ClN2O4/c16-11-1-2-12-10(5-11)6-13(22-12)14(19)17-7-9-3-4-18(8-9)15(20)21/h1-2,5-6,9H,3-4,7-8H2,(H,17,19)(H,20,21)/t9-/m1/s1. The summed E-state index contributed by atoms with van der Waals surface area (Å²) in [5.41, 5.74) is 0.604. The van der Waals surface area contributed by atoms with E-state index in [9.17, 15) is 9.59 Å². The highest BCUT2D eigenvalue weighted by atomic mass is 35.5. The predicted octanol–water partition coefficient (Wildman–Crippen LogP) is 2.82. The summed E-state index contributed by atoms with van der Waals surface area (Å²) in [6.07, 6.45) is -0.162. The molecule has 1 fully saturated rings. The molecule has 22 heavy (non-hydrogen) atoms. The molecular weight excluding hydrogens is 308 g/mol. The molecule has 0 spiro atoms. The summed E-state index contributed by atoms with van der Waals surface area (Å²) in [5.74, 6) is 0.0605. The summed E-state index contributed by atoms with van der Waals surface area (Å²) < 4.78 is 5.48. The van der Waals surface area contributed by atoms with Crippen LogP contribution in [0.15, 0.2) is 28.7 Å². The lowest BCUT2D eigenvalue weighted by molar-refractivity contribution is 0.0922. The van der Waals surface area contributed by atoms with Crippen molar-refractivity contribution in [1.29, 1.82) is 0 Å². The molecule has 2 amide bonds. The van der Waals surface area contributed by atoms with Crippen molar-refractivity contribution in [2.24, 2.45) is 5.92 Å². The van der Waals surface area contributed by atoms with Crippen LogP contribution < -0.4 is 5.32 Å². The topological polar surface area (TPSA) is 82.8 Å². The maximum atomic E-state index is 12.1. The molecule has 1 aromatic heterocycles. The zero-order valence-electron chi connectivity index (χ0n) is 11.7. The van der Waals surface area contributed by atoms with Crippen molar-refractivity contribution >= 4 is 34.6 Å². The molecule has 2 heterocycles. The first-order chi connectivity index (χ1) is 10.5. The fraction of sp³-hybridized carbons (Fsp3) is 0.333. The first-order valence-electron chi connectivity index (χ1n) is 6.98. The van der Waals surface area contributed by atoms with Gasteiger partial charge in [-0.3, -0.25) is 4.79 Å². The molecule has 116 valence electrons. The lowest BCUT2D eigenvalue weighted by atomic mass is 10.1. The summed E-state index contributed by atoms with van der Waals surface area (Å²) in [6.45, 7) is 1.39. The smallest absolute Gasteiger partial charge is 0.407 e. The number of amides is 2. The molecule has 1 aliphatic rings. The molecule has 1 aliphatic heterocycles. The second-order valence-corrected chi connectivity index (χ2v) is 5.82. The molecule has 3 rings (SSSR count). The number of nitrogens with one attached hydrogen (secondary N) is 1. The van der Waals surface area contributed by atoms with Crippen molar-refractivity contribution in [2.45, 2.75) is 6.42 Å². The van der Waals surface area contributed by atoms with E-state index < -0.39 is 6.09 Å². The van der Waals surface area contributed by atoms with Crippen molar-refractivity contribution in [3.8, 4) is 0 Å². The molecule has 0 saturated carbocycles. The number of hydrogen-bond acceptors (Lipinski definition) is 3. The second-order valence-electron chi connectivity index (χ2n) is 5.39. The van der Waals surface area contributed by atoms with Gasteiger partial charge in [-0.25, -0.2) is 4.79 Å². The Balaban J connectivity index is 1.60. The molecule has 0 bridgehead atoms. The fourth-order valence-electron chi connectivity index (χ4n) is 2.62. The highest BCUT2D eigenvalue weighted by Gasteiger charge is 2.26. The third-order valence-corrected chi connectivity index (χ3v) is 4.04. The van der Waals surface area contributed by atoms with Gasteiger partial charge in [0, 0.05) is 30.0 Å². The minimum Gasteiger partial charge on any atom is -0.465 e. The van der Waals surface area contributed by atoms with E-state index in [0.29, 0.717) is 30.2 Å².